The molecule has 98 valence electrons. The molecule has 0 bridgehead atoms. The fourth-order valence-electron chi connectivity index (χ4n) is 2.37. The quantitative estimate of drug-likeness (QED) is 0.878. The van der Waals surface area contributed by atoms with Crippen molar-refractivity contribution in [3.05, 3.63) is 23.8 Å². The number of carbonyl (C=O) groups is 1. The van der Waals surface area contributed by atoms with Crippen molar-refractivity contribution in [3.63, 3.8) is 0 Å². The van der Waals surface area contributed by atoms with Gasteiger partial charge in [-0.25, -0.2) is 0 Å². The van der Waals surface area contributed by atoms with Crippen LogP contribution in [0.3, 0.4) is 0 Å². The first-order chi connectivity index (χ1) is 8.67. The van der Waals surface area contributed by atoms with Gasteiger partial charge in [0.2, 0.25) is 5.91 Å². The molecular formula is C14H21N3O. The van der Waals surface area contributed by atoms with Crippen LogP contribution in [0.4, 0.5) is 11.4 Å². The van der Waals surface area contributed by atoms with E-state index in [1.165, 1.54) is 5.56 Å². The molecular weight excluding hydrogens is 226 g/mol. The highest BCUT2D eigenvalue weighted by molar-refractivity contribution is 5.98. The smallest absolute Gasteiger partial charge is 0.228 e. The van der Waals surface area contributed by atoms with E-state index >= 15 is 0 Å². The average Bonchev–Trinajstić information content (AvgIpc) is 2.51. The predicted molar refractivity (Wildman–Crippen MR) is 75.1 cm³/mol. The number of benzene rings is 1. The Labute approximate surface area is 108 Å². The lowest BCUT2D eigenvalue weighted by Crippen LogP contribution is -2.30. The largest absolute Gasteiger partial charge is 0.368 e. The third-order valence-corrected chi connectivity index (χ3v) is 3.52. The van der Waals surface area contributed by atoms with Crippen molar-refractivity contribution >= 4 is 17.3 Å². The Morgan fingerprint density at radius 1 is 1.33 bits per heavy atom. The molecule has 2 N–H and O–H groups in total. The summed E-state index contributed by atoms with van der Waals surface area (Å²) in [5.74, 6) is 0.167. The van der Waals surface area contributed by atoms with Gasteiger partial charge in [0.15, 0.2) is 0 Å². The van der Waals surface area contributed by atoms with Crippen LogP contribution in [0.1, 0.15) is 18.9 Å². The Kier molecular flexibility index (Phi) is 3.87. The van der Waals surface area contributed by atoms with E-state index in [-0.39, 0.29) is 5.91 Å². The zero-order valence-electron chi connectivity index (χ0n) is 11.1. The maximum absolute atomic E-state index is 11.9. The lowest BCUT2D eigenvalue weighted by molar-refractivity contribution is -0.118. The van der Waals surface area contributed by atoms with Crippen molar-refractivity contribution < 1.29 is 4.79 Å². The summed E-state index contributed by atoms with van der Waals surface area (Å²) < 4.78 is 0. The Balaban J connectivity index is 2.46. The monoisotopic (exact) mass is 247 g/mol. The van der Waals surface area contributed by atoms with Gasteiger partial charge in [-0.1, -0.05) is 13.0 Å². The van der Waals surface area contributed by atoms with Crippen LogP contribution in [0, 0.1) is 0 Å². The molecule has 0 saturated heterocycles. The maximum Gasteiger partial charge on any atom is 0.228 e. The van der Waals surface area contributed by atoms with Gasteiger partial charge in [0.05, 0.1) is 11.4 Å². The van der Waals surface area contributed by atoms with Gasteiger partial charge in [-0.2, -0.15) is 0 Å². The minimum Gasteiger partial charge on any atom is -0.368 e. The van der Waals surface area contributed by atoms with Crippen molar-refractivity contribution in [1.29, 1.82) is 0 Å². The Hall–Kier alpha value is -1.55. The molecule has 1 heterocycles. The summed E-state index contributed by atoms with van der Waals surface area (Å²) >= 11 is 0. The molecule has 0 radical (unpaired) electrons. The van der Waals surface area contributed by atoms with E-state index in [0.717, 1.165) is 30.9 Å². The molecule has 4 nitrogen and oxygen atoms in total. The van der Waals surface area contributed by atoms with E-state index in [1.807, 2.05) is 13.1 Å². The number of hydrogen-bond acceptors (Lipinski definition) is 3. The van der Waals surface area contributed by atoms with Crippen LogP contribution in [0.25, 0.3) is 0 Å². The molecule has 1 aromatic carbocycles. The summed E-state index contributed by atoms with van der Waals surface area (Å²) in [7, 11) is 1.85. The molecule has 2 rings (SSSR count). The molecule has 0 aliphatic carbocycles. The van der Waals surface area contributed by atoms with Gasteiger partial charge in [0, 0.05) is 33.1 Å². The fourth-order valence-corrected chi connectivity index (χ4v) is 2.37. The molecule has 1 amide bonds. The molecule has 0 atom stereocenters. The van der Waals surface area contributed by atoms with Gasteiger partial charge in [-0.3, -0.25) is 4.79 Å². The molecule has 18 heavy (non-hydrogen) atoms. The Morgan fingerprint density at radius 2 is 2.11 bits per heavy atom. The number of carbonyl (C=O) groups excluding carboxylic acids is 1. The van der Waals surface area contributed by atoms with Crippen LogP contribution >= 0.6 is 0 Å². The molecule has 1 aromatic rings. The number of amides is 1. The van der Waals surface area contributed by atoms with Gasteiger partial charge in [-0.15, -0.1) is 0 Å². The summed E-state index contributed by atoms with van der Waals surface area (Å²) in [4.78, 5) is 15.9. The van der Waals surface area contributed by atoms with Gasteiger partial charge in [0.25, 0.3) is 0 Å². The first-order valence-electron chi connectivity index (χ1n) is 6.52. The molecule has 1 aliphatic heterocycles. The summed E-state index contributed by atoms with van der Waals surface area (Å²) in [6, 6.07) is 6.32. The number of aryl methyl sites for hydroxylation is 1. The number of nitrogens with two attached hydrogens (primary N) is 1. The Morgan fingerprint density at radius 3 is 2.78 bits per heavy atom. The standard InChI is InChI=1S/C14H21N3O/c1-3-11-4-5-12-13(10-11)17(9-7-15)8-6-14(18)16(12)2/h4-5,10H,3,6-9,15H2,1-2H3. The van der Waals surface area contributed by atoms with Crippen molar-refractivity contribution in [2.24, 2.45) is 5.73 Å². The predicted octanol–water partition coefficient (Wildman–Crippen LogP) is 1.38. The van der Waals surface area contributed by atoms with Crippen LogP contribution in [-0.4, -0.2) is 32.6 Å². The second-order valence-electron chi connectivity index (χ2n) is 4.66. The van der Waals surface area contributed by atoms with E-state index in [1.54, 1.807) is 4.90 Å². The molecule has 0 spiro atoms. The second-order valence-corrected chi connectivity index (χ2v) is 4.66. The third-order valence-electron chi connectivity index (χ3n) is 3.52. The van der Waals surface area contributed by atoms with E-state index < -0.39 is 0 Å². The normalized spacial score (nSPS) is 15.6. The minimum absolute atomic E-state index is 0.167. The van der Waals surface area contributed by atoms with Crippen molar-refractivity contribution in [2.45, 2.75) is 19.8 Å². The van der Waals surface area contributed by atoms with E-state index in [4.69, 9.17) is 5.73 Å². The molecule has 0 unspecified atom stereocenters. The van der Waals surface area contributed by atoms with Crippen molar-refractivity contribution in [3.8, 4) is 0 Å². The van der Waals surface area contributed by atoms with Crippen LogP contribution in [0.5, 0.6) is 0 Å². The molecule has 0 fully saturated rings. The van der Waals surface area contributed by atoms with E-state index in [0.29, 0.717) is 13.0 Å². The van der Waals surface area contributed by atoms with Gasteiger partial charge in [-0.05, 0) is 24.1 Å². The highest BCUT2D eigenvalue weighted by atomic mass is 16.2. The van der Waals surface area contributed by atoms with Crippen molar-refractivity contribution in [1.82, 2.24) is 0 Å². The van der Waals surface area contributed by atoms with Crippen LogP contribution < -0.4 is 15.5 Å². The number of anilines is 2. The number of fused-ring (bicyclic) bond motifs is 1. The van der Waals surface area contributed by atoms with Gasteiger partial charge in [0.1, 0.15) is 0 Å². The maximum atomic E-state index is 11.9. The van der Waals surface area contributed by atoms with Crippen molar-refractivity contribution in [2.75, 3.05) is 36.5 Å². The number of hydrogen-bond donors (Lipinski definition) is 1. The van der Waals surface area contributed by atoms with E-state index in [9.17, 15) is 4.79 Å². The fraction of sp³-hybridized carbons (Fsp3) is 0.500. The second kappa shape index (κ2) is 5.40. The zero-order chi connectivity index (χ0) is 13.1. The highest BCUT2D eigenvalue weighted by Gasteiger charge is 2.23. The first kappa shape index (κ1) is 12.9. The summed E-state index contributed by atoms with van der Waals surface area (Å²) in [6.07, 6.45) is 1.55. The lowest BCUT2D eigenvalue weighted by Gasteiger charge is -2.25. The number of rotatable bonds is 3. The minimum atomic E-state index is 0.167. The summed E-state index contributed by atoms with van der Waals surface area (Å²) in [6.45, 7) is 4.29. The average molecular weight is 247 g/mol. The highest BCUT2D eigenvalue weighted by Crippen LogP contribution is 2.32. The molecule has 4 heteroatoms. The van der Waals surface area contributed by atoms with E-state index in [2.05, 4.69) is 24.0 Å². The van der Waals surface area contributed by atoms with Crippen LogP contribution in [-0.2, 0) is 11.2 Å². The molecule has 1 aliphatic rings. The Bertz CT molecular complexity index is 445. The molecule has 0 aromatic heterocycles. The zero-order valence-corrected chi connectivity index (χ0v) is 11.1. The third kappa shape index (κ3) is 2.34. The topological polar surface area (TPSA) is 49.6 Å². The van der Waals surface area contributed by atoms with Crippen LogP contribution in [0.15, 0.2) is 18.2 Å². The first-order valence-corrected chi connectivity index (χ1v) is 6.52. The SMILES string of the molecule is CCc1ccc2c(c1)N(CCN)CCC(=O)N2C. The molecule has 0 saturated carbocycles. The lowest BCUT2D eigenvalue weighted by atomic mass is 10.1. The van der Waals surface area contributed by atoms with Gasteiger partial charge < -0.3 is 15.5 Å². The summed E-state index contributed by atoms with van der Waals surface area (Å²) in [5.41, 5.74) is 9.08. The van der Waals surface area contributed by atoms with Gasteiger partial charge >= 0.3 is 0 Å². The summed E-state index contributed by atoms with van der Waals surface area (Å²) in [5, 5.41) is 0. The van der Waals surface area contributed by atoms with Crippen LogP contribution in [0.2, 0.25) is 0 Å². The number of nitrogens with zero attached hydrogens (tertiary/aromatic N) is 2.